The minimum atomic E-state index is 0. The molecule has 2 rings (SSSR count). The zero-order chi connectivity index (χ0) is 15.9. The van der Waals surface area contributed by atoms with E-state index in [4.69, 9.17) is 15.6 Å². The molecule has 0 fully saturated rings. The van der Waals surface area contributed by atoms with Gasteiger partial charge in [-0.25, -0.2) is 4.99 Å². The van der Waals surface area contributed by atoms with Crippen molar-refractivity contribution in [3.8, 4) is 5.75 Å². The molecule has 1 heterocycles. The first-order valence-electron chi connectivity index (χ1n) is 6.98. The lowest BCUT2D eigenvalue weighted by Gasteiger charge is -2.17. The summed E-state index contributed by atoms with van der Waals surface area (Å²) in [7, 11) is 3.60. The molecule has 24 heavy (non-hydrogen) atoms. The van der Waals surface area contributed by atoms with Gasteiger partial charge >= 0.3 is 0 Å². The molecule has 134 valence electrons. The Hall–Kier alpha value is -1.31. The summed E-state index contributed by atoms with van der Waals surface area (Å²) in [5.74, 6) is 1.31. The molecule has 0 aliphatic heterocycles. The summed E-state index contributed by atoms with van der Waals surface area (Å²) < 4.78 is 5.39. The van der Waals surface area contributed by atoms with Crippen LogP contribution in [-0.4, -0.2) is 43.2 Å². The van der Waals surface area contributed by atoms with Crippen molar-refractivity contribution in [3.63, 3.8) is 0 Å². The van der Waals surface area contributed by atoms with Gasteiger partial charge in [0.1, 0.15) is 11.6 Å². The summed E-state index contributed by atoms with van der Waals surface area (Å²) in [6, 6.07) is 9.64. The molecule has 5 nitrogen and oxygen atoms in total. The zero-order valence-electron chi connectivity index (χ0n) is 13.6. The van der Waals surface area contributed by atoms with Crippen LogP contribution in [0.1, 0.15) is 10.4 Å². The number of aliphatic imine (C=N–C) groups is 1. The fourth-order valence-electron chi connectivity index (χ4n) is 2.12. The van der Waals surface area contributed by atoms with E-state index in [0.29, 0.717) is 18.9 Å². The number of aliphatic hydroxyl groups excluding tert-OH is 1. The maximum Gasteiger partial charge on any atom is 0.141 e. The van der Waals surface area contributed by atoms with E-state index >= 15 is 0 Å². The summed E-state index contributed by atoms with van der Waals surface area (Å²) in [5.41, 5.74) is 7.83. The third-order valence-electron chi connectivity index (χ3n) is 3.21. The molecule has 1 aromatic heterocycles. The van der Waals surface area contributed by atoms with Gasteiger partial charge in [-0.1, -0.05) is 6.07 Å². The first kappa shape index (κ1) is 22.7. The quantitative estimate of drug-likeness (QED) is 0.561. The lowest BCUT2D eigenvalue weighted by atomic mass is 10.1. The predicted molar refractivity (Wildman–Crippen MR) is 106 cm³/mol. The van der Waals surface area contributed by atoms with Crippen LogP contribution in [0, 0.1) is 0 Å². The number of methoxy groups -OCH3 is 1. The monoisotopic (exact) mass is 391 g/mol. The number of nitrogens with two attached hydrogens (primary N) is 1. The van der Waals surface area contributed by atoms with E-state index in [9.17, 15) is 0 Å². The molecule has 8 heteroatoms. The SMILES string of the molecule is COc1ccc(N=C(N)c2cccs2)cc1CN(C)CCO.Cl.Cl. The van der Waals surface area contributed by atoms with E-state index < -0.39 is 0 Å². The Balaban J connectivity index is 0.00000264. The van der Waals surface area contributed by atoms with Gasteiger partial charge in [0.05, 0.1) is 24.3 Å². The molecule has 0 amide bonds. The van der Waals surface area contributed by atoms with Crippen LogP contribution in [0.4, 0.5) is 5.69 Å². The molecule has 0 saturated carbocycles. The van der Waals surface area contributed by atoms with E-state index in [0.717, 1.165) is 21.9 Å². The normalized spacial score (nSPS) is 10.9. The standard InChI is InChI=1S/C16H21N3O2S.2ClH/c1-19(7-8-20)11-12-10-13(5-6-14(12)21-2)18-16(17)15-4-3-9-22-15;;/h3-6,9-10,20H,7-8,11H2,1-2H3,(H2,17,18);2*1H. The van der Waals surface area contributed by atoms with E-state index in [1.807, 2.05) is 47.7 Å². The molecule has 0 saturated heterocycles. The Bertz CT molecular complexity index is 636. The van der Waals surface area contributed by atoms with Crippen LogP contribution in [0.25, 0.3) is 0 Å². The van der Waals surface area contributed by atoms with Gasteiger partial charge in [0, 0.05) is 18.7 Å². The van der Waals surface area contributed by atoms with Crippen molar-refractivity contribution in [2.24, 2.45) is 10.7 Å². The molecule has 0 spiro atoms. The van der Waals surface area contributed by atoms with Gasteiger partial charge in [0.15, 0.2) is 0 Å². The van der Waals surface area contributed by atoms with Gasteiger partial charge in [0.2, 0.25) is 0 Å². The predicted octanol–water partition coefficient (Wildman–Crippen LogP) is 3.06. The van der Waals surface area contributed by atoms with Gasteiger partial charge in [-0.3, -0.25) is 4.90 Å². The second-order valence-corrected chi connectivity index (χ2v) is 5.88. The number of nitrogens with zero attached hydrogens (tertiary/aromatic N) is 2. The van der Waals surface area contributed by atoms with Crippen molar-refractivity contribution in [2.75, 3.05) is 27.3 Å². The molecular formula is C16H23Cl2N3O2S. The first-order valence-corrected chi connectivity index (χ1v) is 7.86. The molecule has 0 aliphatic rings. The summed E-state index contributed by atoms with van der Waals surface area (Å²) >= 11 is 1.56. The van der Waals surface area contributed by atoms with Gasteiger partial charge in [-0.15, -0.1) is 36.2 Å². The summed E-state index contributed by atoms with van der Waals surface area (Å²) in [6.07, 6.45) is 0. The van der Waals surface area contributed by atoms with E-state index in [1.165, 1.54) is 0 Å². The van der Waals surface area contributed by atoms with E-state index in [1.54, 1.807) is 18.4 Å². The largest absolute Gasteiger partial charge is 0.496 e. The number of hydrogen-bond donors (Lipinski definition) is 2. The second kappa shape index (κ2) is 11.3. The molecule has 0 aliphatic carbocycles. The van der Waals surface area contributed by atoms with Crippen molar-refractivity contribution >= 4 is 47.7 Å². The van der Waals surface area contributed by atoms with Gasteiger partial charge in [0.25, 0.3) is 0 Å². The maximum absolute atomic E-state index is 9.01. The third-order valence-corrected chi connectivity index (χ3v) is 4.10. The minimum Gasteiger partial charge on any atom is -0.496 e. The average molecular weight is 392 g/mol. The van der Waals surface area contributed by atoms with Crippen LogP contribution in [0.3, 0.4) is 0 Å². The Kier molecular flexibility index (Phi) is 10.7. The summed E-state index contributed by atoms with van der Waals surface area (Å²) in [5, 5.41) is 11.0. The van der Waals surface area contributed by atoms with Crippen molar-refractivity contribution in [3.05, 3.63) is 46.2 Å². The van der Waals surface area contributed by atoms with Crippen LogP contribution in [0.2, 0.25) is 0 Å². The highest BCUT2D eigenvalue weighted by atomic mass is 35.5. The van der Waals surface area contributed by atoms with E-state index in [2.05, 4.69) is 4.99 Å². The van der Waals surface area contributed by atoms with Crippen molar-refractivity contribution < 1.29 is 9.84 Å². The highest BCUT2D eigenvalue weighted by molar-refractivity contribution is 7.12. The number of halogens is 2. The molecule has 3 N–H and O–H groups in total. The molecule has 0 atom stereocenters. The third kappa shape index (κ3) is 6.30. The molecular weight excluding hydrogens is 369 g/mol. The van der Waals surface area contributed by atoms with Gasteiger partial charge < -0.3 is 15.6 Å². The minimum absolute atomic E-state index is 0. The summed E-state index contributed by atoms with van der Waals surface area (Å²) in [6.45, 7) is 1.40. The maximum atomic E-state index is 9.01. The Morgan fingerprint density at radius 3 is 2.67 bits per heavy atom. The topological polar surface area (TPSA) is 71.1 Å². The second-order valence-electron chi connectivity index (χ2n) is 4.93. The van der Waals surface area contributed by atoms with E-state index in [-0.39, 0.29) is 31.4 Å². The number of thiophene rings is 1. The fourth-order valence-corrected chi connectivity index (χ4v) is 2.74. The van der Waals surface area contributed by atoms with Gasteiger partial charge in [-0.05, 0) is 36.7 Å². The summed E-state index contributed by atoms with van der Waals surface area (Å²) in [4.78, 5) is 7.45. The molecule has 1 aromatic carbocycles. The Morgan fingerprint density at radius 2 is 2.08 bits per heavy atom. The fraction of sp³-hybridized carbons (Fsp3) is 0.312. The zero-order valence-corrected chi connectivity index (χ0v) is 16.1. The van der Waals surface area contributed by atoms with Crippen molar-refractivity contribution in [1.82, 2.24) is 4.90 Å². The number of benzene rings is 1. The number of amidine groups is 1. The number of aliphatic hydroxyl groups is 1. The average Bonchev–Trinajstić information content (AvgIpc) is 3.02. The number of ether oxygens (including phenoxy) is 1. The molecule has 0 radical (unpaired) electrons. The highest BCUT2D eigenvalue weighted by Gasteiger charge is 2.08. The smallest absolute Gasteiger partial charge is 0.141 e. The lowest BCUT2D eigenvalue weighted by molar-refractivity contribution is 0.216. The number of likely N-dealkylation sites (N-methyl/N-ethyl adjacent to an activating group) is 1. The van der Waals surface area contributed by atoms with Crippen LogP contribution in [0.15, 0.2) is 40.7 Å². The lowest BCUT2D eigenvalue weighted by Crippen LogP contribution is -2.21. The first-order chi connectivity index (χ1) is 10.6. The molecule has 2 aromatic rings. The number of rotatable bonds is 7. The molecule has 0 bridgehead atoms. The Morgan fingerprint density at radius 1 is 1.33 bits per heavy atom. The highest BCUT2D eigenvalue weighted by Crippen LogP contribution is 2.26. The van der Waals surface area contributed by atoms with Gasteiger partial charge in [-0.2, -0.15) is 0 Å². The van der Waals surface area contributed by atoms with Crippen molar-refractivity contribution in [2.45, 2.75) is 6.54 Å². The van der Waals surface area contributed by atoms with Crippen LogP contribution in [0.5, 0.6) is 5.75 Å². The van der Waals surface area contributed by atoms with Crippen LogP contribution < -0.4 is 10.5 Å². The van der Waals surface area contributed by atoms with Crippen LogP contribution in [-0.2, 0) is 6.54 Å². The molecule has 0 unspecified atom stereocenters. The number of hydrogen-bond acceptors (Lipinski definition) is 5. The van der Waals surface area contributed by atoms with Crippen LogP contribution >= 0.6 is 36.2 Å². The Labute approximate surface area is 159 Å². The van der Waals surface area contributed by atoms with Crippen molar-refractivity contribution in [1.29, 1.82) is 0 Å².